The predicted octanol–water partition coefficient (Wildman–Crippen LogP) is 3.98. The number of sulfonamides is 1. The van der Waals surface area contributed by atoms with Crippen molar-refractivity contribution >= 4 is 39.1 Å². The van der Waals surface area contributed by atoms with Crippen molar-refractivity contribution in [3.8, 4) is 0 Å². The number of hydrogen-bond acceptors (Lipinski definition) is 4. The fourth-order valence-electron chi connectivity index (χ4n) is 2.53. The van der Waals surface area contributed by atoms with E-state index in [0.29, 0.717) is 12.1 Å². The van der Waals surface area contributed by atoms with E-state index >= 15 is 0 Å². The minimum absolute atomic E-state index is 0.115. The molecule has 7 heteroatoms. The molecule has 5 nitrogen and oxygen atoms in total. The second kappa shape index (κ2) is 9.64. The van der Waals surface area contributed by atoms with Crippen LogP contribution in [0.25, 0.3) is 0 Å². The van der Waals surface area contributed by atoms with E-state index in [4.69, 9.17) is 0 Å². The molecule has 1 N–H and O–H groups in total. The zero-order chi connectivity index (χ0) is 19.0. The first kappa shape index (κ1) is 20.3. The van der Waals surface area contributed by atoms with Gasteiger partial charge < -0.3 is 5.32 Å². The van der Waals surface area contributed by atoms with Crippen molar-refractivity contribution in [2.24, 2.45) is 0 Å². The topological polar surface area (TPSA) is 66.5 Å². The van der Waals surface area contributed by atoms with Gasteiger partial charge in [-0.1, -0.05) is 37.3 Å². The van der Waals surface area contributed by atoms with Gasteiger partial charge >= 0.3 is 0 Å². The molecule has 0 heterocycles. The van der Waals surface area contributed by atoms with Gasteiger partial charge in [0.25, 0.3) is 0 Å². The third-order valence-electron chi connectivity index (χ3n) is 3.67. The molecule has 26 heavy (non-hydrogen) atoms. The minimum Gasteiger partial charge on any atom is -0.325 e. The number of rotatable bonds is 9. The van der Waals surface area contributed by atoms with Gasteiger partial charge in [-0.05, 0) is 36.4 Å². The van der Waals surface area contributed by atoms with Crippen LogP contribution in [0.3, 0.4) is 0 Å². The van der Waals surface area contributed by atoms with Crippen LogP contribution in [0, 0.1) is 0 Å². The number of hydrogen-bond donors (Lipinski definition) is 1. The van der Waals surface area contributed by atoms with E-state index in [-0.39, 0.29) is 18.9 Å². The van der Waals surface area contributed by atoms with Crippen LogP contribution in [0.5, 0.6) is 0 Å². The van der Waals surface area contributed by atoms with Crippen molar-refractivity contribution in [1.29, 1.82) is 0 Å². The van der Waals surface area contributed by atoms with Crippen molar-refractivity contribution in [2.75, 3.05) is 28.2 Å². The molecule has 0 saturated carbocycles. The van der Waals surface area contributed by atoms with E-state index in [0.717, 1.165) is 16.3 Å². The third-order valence-corrected chi connectivity index (χ3v) is 5.82. The predicted molar refractivity (Wildman–Crippen MR) is 109 cm³/mol. The molecule has 0 aromatic heterocycles. The Morgan fingerprint density at radius 2 is 1.73 bits per heavy atom. The molecule has 2 rings (SSSR count). The molecule has 2 aromatic carbocycles. The summed E-state index contributed by atoms with van der Waals surface area (Å²) < 4.78 is 25.4. The molecule has 0 aliphatic carbocycles. The number of para-hydroxylation sites is 2. The smallest absolute Gasteiger partial charge is 0.232 e. The van der Waals surface area contributed by atoms with Gasteiger partial charge in [0.1, 0.15) is 0 Å². The Labute approximate surface area is 159 Å². The lowest BCUT2D eigenvalue weighted by Crippen LogP contribution is -2.31. The van der Waals surface area contributed by atoms with Crippen molar-refractivity contribution < 1.29 is 13.2 Å². The number of amides is 1. The Bertz CT molecular complexity index is 824. The van der Waals surface area contributed by atoms with Crippen LogP contribution in [0.4, 0.5) is 11.4 Å². The number of anilines is 2. The van der Waals surface area contributed by atoms with E-state index in [1.165, 1.54) is 10.6 Å². The maximum atomic E-state index is 12.2. The Hall–Kier alpha value is -1.99. The minimum atomic E-state index is -3.39. The lowest BCUT2D eigenvalue weighted by atomic mass is 10.2. The highest BCUT2D eigenvalue weighted by Gasteiger charge is 2.17. The zero-order valence-corrected chi connectivity index (χ0v) is 16.6. The summed E-state index contributed by atoms with van der Waals surface area (Å²) in [6.45, 7) is 2.33. The van der Waals surface area contributed by atoms with E-state index < -0.39 is 10.0 Å². The number of thioether (sulfide) groups is 1. The molecule has 0 spiro atoms. The molecule has 0 bridgehead atoms. The van der Waals surface area contributed by atoms with E-state index in [1.54, 1.807) is 36.0 Å². The van der Waals surface area contributed by atoms with Gasteiger partial charge in [-0.3, -0.25) is 9.10 Å². The Balaban J connectivity index is 1.94. The van der Waals surface area contributed by atoms with Crippen LogP contribution in [-0.4, -0.2) is 32.9 Å². The van der Waals surface area contributed by atoms with Crippen LogP contribution >= 0.6 is 11.8 Å². The maximum Gasteiger partial charge on any atom is 0.232 e. The highest BCUT2D eigenvalue weighted by Crippen LogP contribution is 2.26. The molecule has 0 saturated heterocycles. The molecular weight excluding hydrogens is 368 g/mol. The van der Waals surface area contributed by atoms with Crippen LogP contribution < -0.4 is 9.62 Å². The second-order valence-corrected chi connectivity index (χ2v) is 8.96. The van der Waals surface area contributed by atoms with Gasteiger partial charge in [0, 0.05) is 17.9 Å². The van der Waals surface area contributed by atoms with Gasteiger partial charge in [-0.25, -0.2) is 8.42 Å². The first-order chi connectivity index (χ1) is 12.4. The van der Waals surface area contributed by atoms with Crippen molar-refractivity contribution in [3.05, 3.63) is 54.6 Å². The normalized spacial score (nSPS) is 11.2. The molecule has 0 radical (unpaired) electrons. The lowest BCUT2D eigenvalue weighted by molar-refractivity contribution is -0.116. The number of carbonyl (C=O) groups is 1. The molecule has 0 atom stereocenters. The summed E-state index contributed by atoms with van der Waals surface area (Å²) in [6, 6.07) is 16.6. The van der Waals surface area contributed by atoms with Crippen LogP contribution in [0.1, 0.15) is 19.8 Å². The van der Waals surface area contributed by atoms with Crippen LogP contribution in [0.2, 0.25) is 0 Å². The number of nitrogens with zero attached hydrogens (tertiary/aromatic N) is 1. The molecular formula is C19H24N2O3S2. The van der Waals surface area contributed by atoms with Gasteiger partial charge in [0.15, 0.2) is 0 Å². The first-order valence-corrected chi connectivity index (χ1v) is 11.3. The standard InChI is InChI=1S/C19H24N2O3S2/c1-3-25-18-13-8-7-12-17(18)20-19(22)14-9-15-21(26(2,23)24)16-10-5-4-6-11-16/h4-8,10-13H,3,9,14-15H2,1-2H3,(H,20,22). The SMILES string of the molecule is CCSc1ccccc1NC(=O)CCCN(c1ccccc1)S(C)(=O)=O. The largest absolute Gasteiger partial charge is 0.325 e. The molecule has 0 unspecified atom stereocenters. The number of carbonyl (C=O) groups excluding carboxylic acids is 1. The fraction of sp³-hybridized carbons (Fsp3) is 0.316. The van der Waals surface area contributed by atoms with E-state index in [2.05, 4.69) is 12.2 Å². The Kier molecular flexibility index (Phi) is 7.53. The van der Waals surface area contributed by atoms with Gasteiger partial charge in [-0.15, -0.1) is 11.8 Å². The van der Waals surface area contributed by atoms with Gasteiger partial charge in [0.2, 0.25) is 15.9 Å². The summed E-state index contributed by atoms with van der Waals surface area (Å²) >= 11 is 1.67. The summed E-state index contributed by atoms with van der Waals surface area (Å²) in [7, 11) is -3.39. The average Bonchev–Trinajstić information content (AvgIpc) is 2.60. The maximum absolute atomic E-state index is 12.2. The second-order valence-electron chi connectivity index (χ2n) is 5.75. The fourth-order valence-corrected chi connectivity index (χ4v) is 4.25. The molecule has 2 aromatic rings. The van der Waals surface area contributed by atoms with Crippen LogP contribution in [-0.2, 0) is 14.8 Å². The van der Waals surface area contributed by atoms with Crippen molar-refractivity contribution in [1.82, 2.24) is 0 Å². The lowest BCUT2D eigenvalue weighted by Gasteiger charge is -2.22. The zero-order valence-electron chi connectivity index (χ0n) is 15.0. The Morgan fingerprint density at radius 1 is 1.08 bits per heavy atom. The quantitative estimate of drug-likeness (QED) is 0.656. The average molecular weight is 393 g/mol. The summed E-state index contributed by atoms with van der Waals surface area (Å²) in [4.78, 5) is 13.3. The highest BCUT2D eigenvalue weighted by atomic mass is 32.2. The third kappa shape index (κ3) is 6.07. The first-order valence-electron chi connectivity index (χ1n) is 8.46. The Morgan fingerprint density at radius 3 is 2.38 bits per heavy atom. The van der Waals surface area contributed by atoms with Crippen LogP contribution in [0.15, 0.2) is 59.5 Å². The highest BCUT2D eigenvalue weighted by molar-refractivity contribution is 7.99. The van der Waals surface area contributed by atoms with Gasteiger partial charge in [0.05, 0.1) is 17.6 Å². The van der Waals surface area contributed by atoms with E-state index in [1.807, 2.05) is 30.3 Å². The van der Waals surface area contributed by atoms with E-state index in [9.17, 15) is 13.2 Å². The number of benzene rings is 2. The summed E-state index contributed by atoms with van der Waals surface area (Å²) in [5, 5.41) is 2.92. The monoisotopic (exact) mass is 392 g/mol. The summed E-state index contributed by atoms with van der Waals surface area (Å²) in [6.07, 6.45) is 1.87. The molecule has 0 aliphatic rings. The summed E-state index contributed by atoms with van der Waals surface area (Å²) in [5.74, 6) is 0.809. The molecule has 1 amide bonds. The number of nitrogens with one attached hydrogen (secondary N) is 1. The van der Waals surface area contributed by atoms with Gasteiger partial charge in [-0.2, -0.15) is 0 Å². The molecule has 140 valence electrons. The summed E-state index contributed by atoms with van der Waals surface area (Å²) in [5.41, 5.74) is 1.41. The van der Waals surface area contributed by atoms with Crippen molar-refractivity contribution in [2.45, 2.75) is 24.7 Å². The van der Waals surface area contributed by atoms with Crippen molar-refractivity contribution in [3.63, 3.8) is 0 Å². The molecule has 0 aliphatic heterocycles. The molecule has 0 fully saturated rings.